The van der Waals surface area contributed by atoms with Gasteiger partial charge in [-0.2, -0.15) is 0 Å². The Hall–Kier alpha value is -1.06. The summed E-state index contributed by atoms with van der Waals surface area (Å²) >= 11 is 0. The second kappa shape index (κ2) is 6.80. The van der Waals surface area contributed by atoms with E-state index in [1.54, 1.807) is 11.9 Å². The molecule has 0 aromatic rings. The molecule has 0 bridgehead atoms. The molecule has 0 aromatic heterocycles. The van der Waals surface area contributed by atoms with E-state index >= 15 is 0 Å². The summed E-state index contributed by atoms with van der Waals surface area (Å²) in [5.74, 6) is -0.874. The molecule has 1 aliphatic rings. The number of rotatable bonds is 3. The SMILES string of the molecule is CN(C(=O)C(=O)NC(C)(C)CC(C)(C)C)C1CCCCC1. The fourth-order valence-corrected chi connectivity index (χ4v) is 3.53. The van der Waals surface area contributed by atoms with Gasteiger partial charge in [0, 0.05) is 18.6 Å². The van der Waals surface area contributed by atoms with Gasteiger partial charge in [0.1, 0.15) is 0 Å². The molecule has 1 rings (SSSR count). The lowest BCUT2D eigenvalue weighted by atomic mass is 9.82. The number of hydrogen-bond donors (Lipinski definition) is 1. The summed E-state index contributed by atoms with van der Waals surface area (Å²) in [4.78, 5) is 26.2. The Kier molecular flexibility index (Phi) is 5.83. The lowest BCUT2D eigenvalue weighted by Crippen LogP contribution is -2.53. The number of carbonyl (C=O) groups excluding carboxylic acids is 2. The van der Waals surface area contributed by atoms with Gasteiger partial charge in [-0.05, 0) is 38.5 Å². The van der Waals surface area contributed by atoms with E-state index in [1.807, 2.05) is 13.8 Å². The maximum absolute atomic E-state index is 12.3. The molecule has 0 heterocycles. The average Bonchev–Trinajstić information content (AvgIpc) is 2.34. The molecule has 4 nitrogen and oxygen atoms in total. The summed E-state index contributed by atoms with van der Waals surface area (Å²) in [5.41, 5.74) is -0.270. The van der Waals surface area contributed by atoms with E-state index in [4.69, 9.17) is 0 Å². The van der Waals surface area contributed by atoms with Crippen LogP contribution in [0.15, 0.2) is 0 Å². The number of likely N-dealkylation sites (N-methyl/N-ethyl adjacent to an activating group) is 1. The number of hydrogen-bond acceptors (Lipinski definition) is 2. The van der Waals surface area contributed by atoms with Crippen LogP contribution in [0.3, 0.4) is 0 Å². The first-order chi connectivity index (χ1) is 9.52. The van der Waals surface area contributed by atoms with Crippen LogP contribution >= 0.6 is 0 Å². The first-order valence-electron chi connectivity index (χ1n) is 8.11. The molecule has 0 aromatic carbocycles. The number of nitrogens with zero attached hydrogens (tertiary/aromatic N) is 1. The molecular weight excluding hydrogens is 264 g/mol. The minimum atomic E-state index is -0.475. The molecule has 0 atom stereocenters. The number of nitrogens with one attached hydrogen (secondary N) is 1. The van der Waals surface area contributed by atoms with E-state index in [0.717, 1.165) is 32.1 Å². The Labute approximate surface area is 129 Å². The van der Waals surface area contributed by atoms with Gasteiger partial charge < -0.3 is 10.2 Å². The van der Waals surface area contributed by atoms with Gasteiger partial charge >= 0.3 is 11.8 Å². The van der Waals surface area contributed by atoms with Crippen molar-refractivity contribution in [2.75, 3.05) is 7.05 Å². The molecule has 1 N–H and O–H groups in total. The van der Waals surface area contributed by atoms with E-state index in [9.17, 15) is 9.59 Å². The smallest absolute Gasteiger partial charge is 0.311 e. The Bertz CT molecular complexity index is 377. The summed E-state index contributed by atoms with van der Waals surface area (Å²) in [6, 6.07) is 0.225. The molecule has 0 spiro atoms. The van der Waals surface area contributed by atoms with Gasteiger partial charge in [-0.3, -0.25) is 9.59 Å². The van der Waals surface area contributed by atoms with Crippen LogP contribution in [0.4, 0.5) is 0 Å². The van der Waals surface area contributed by atoms with Crippen LogP contribution in [0, 0.1) is 5.41 Å². The lowest BCUT2D eigenvalue weighted by Gasteiger charge is -2.35. The fraction of sp³-hybridized carbons (Fsp3) is 0.882. The minimum absolute atomic E-state index is 0.106. The Morgan fingerprint density at radius 2 is 1.57 bits per heavy atom. The van der Waals surface area contributed by atoms with E-state index < -0.39 is 11.8 Å². The molecule has 2 amide bonds. The van der Waals surface area contributed by atoms with Crippen LogP contribution in [-0.4, -0.2) is 35.3 Å². The lowest BCUT2D eigenvalue weighted by molar-refractivity contribution is -0.147. The summed E-state index contributed by atoms with van der Waals surface area (Å²) in [6.45, 7) is 10.4. The van der Waals surface area contributed by atoms with Crippen molar-refractivity contribution in [2.24, 2.45) is 5.41 Å². The molecule has 1 aliphatic carbocycles. The minimum Gasteiger partial charge on any atom is -0.343 e. The Morgan fingerprint density at radius 3 is 2.05 bits per heavy atom. The van der Waals surface area contributed by atoms with Crippen LogP contribution < -0.4 is 5.32 Å². The Morgan fingerprint density at radius 1 is 1.05 bits per heavy atom. The average molecular weight is 296 g/mol. The van der Waals surface area contributed by atoms with Crippen LogP contribution in [0.2, 0.25) is 0 Å². The highest BCUT2D eigenvalue weighted by Crippen LogP contribution is 2.27. The van der Waals surface area contributed by atoms with Crippen LogP contribution in [0.5, 0.6) is 0 Å². The summed E-state index contributed by atoms with van der Waals surface area (Å²) in [6.07, 6.45) is 6.40. The van der Waals surface area contributed by atoms with Crippen molar-refractivity contribution >= 4 is 11.8 Å². The van der Waals surface area contributed by atoms with Crippen LogP contribution in [0.25, 0.3) is 0 Å². The van der Waals surface area contributed by atoms with Gasteiger partial charge in [0.15, 0.2) is 0 Å². The first kappa shape index (κ1) is 18.0. The molecular formula is C17H32N2O2. The van der Waals surface area contributed by atoms with Crippen LogP contribution in [0.1, 0.15) is 73.1 Å². The molecule has 0 radical (unpaired) electrons. The maximum Gasteiger partial charge on any atom is 0.311 e. The topological polar surface area (TPSA) is 49.4 Å². The third-order valence-electron chi connectivity index (χ3n) is 4.06. The zero-order chi connectivity index (χ0) is 16.3. The third-order valence-corrected chi connectivity index (χ3v) is 4.06. The standard InChI is InChI=1S/C17H32N2O2/c1-16(2,3)12-17(4,5)18-14(20)15(21)19(6)13-10-8-7-9-11-13/h13H,7-12H2,1-6H3,(H,18,20). The second-order valence-corrected chi connectivity index (χ2v) is 8.28. The number of carbonyl (C=O) groups is 2. The largest absolute Gasteiger partial charge is 0.343 e. The zero-order valence-electron chi connectivity index (χ0n) is 14.6. The van der Waals surface area contributed by atoms with Gasteiger partial charge in [-0.1, -0.05) is 40.0 Å². The van der Waals surface area contributed by atoms with Gasteiger partial charge in [0.2, 0.25) is 0 Å². The zero-order valence-corrected chi connectivity index (χ0v) is 14.6. The first-order valence-corrected chi connectivity index (χ1v) is 8.11. The molecule has 0 unspecified atom stereocenters. The quantitative estimate of drug-likeness (QED) is 0.814. The van der Waals surface area contributed by atoms with Gasteiger partial charge in [0.25, 0.3) is 0 Å². The predicted molar refractivity (Wildman–Crippen MR) is 85.9 cm³/mol. The fourth-order valence-electron chi connectivity index (χ4n) is 3.53. The van der Waals surface area contributed by atoms with Crippen LogP contribution in [-0.2, 0) is 9.59 Å². The van der Waals surface area contributed by atoms with E-state index in [1.165, 1.54) is 6.42 Å². The van der Waals surface area contributed by atoms with Gasteiger partial charge in [-0.15, -0.1) is 0 Å². The van der Waals surface area contributed by atoms with Gasteiger partial charge in [-0.25, -0.2) is 0 Å². The summed E-state index contributed by atoms with van der Waals surface area (Å²) < 4.78 is 0. The highest BCUT2D eigenvalue weighted by molar-refractivity contribution is 6.35. The van der Waals surface area contributed by atoms with Crippen molar-refractivity contribution in [2.45, 2.75) is 84.7 Å². The monoisotopic (exact) mass is 296 g/mol. The summed E-state index contributed by atoms with van der Waals surface area (Å²) in [7, 11) is 1.76. The van der Waals surface area contributed by atoms with Crippen molar-refractivity contribution in [1.29, 1.82) is 0 Å². The summed E-state index contributed by atoms with van der Waals surface area (Å²) in [5, 5.41) is 2.90. The molecule has 21 heavy (non-hydrogen) atoms. The molecule has 122 valence electrons. The molecule has 0 saturated heterocycles. The van der Waals surface area contributed by atoms with Crippen molar-refractivity contribution < 1.29 is 9.59 Å². The predicted octanol–water partition coefficient (Wildman–Crippen LogP) is 3.11. The van der Waals surface area contributed by atoms with Crippen molar-refractivity contribution in [1.82, 2.24) is 10.2 Å². The maximum atomic E-state index is 12.3. The normalized spacial score (nSPS) is 17.4. The van der Waals surface area contributed by atoms with E-state index in [2.05, 4.69) is 26.1 Å². The van der Waals surface area contributed by atoms with Crippen molar-refractivity contribution in [3.05, 3.63) is 0 Å². The van der Waals surface area contributed by atoms with Crippen molar-refractivity contribution in [3.63, 3.8) is 0 Å². The third kappa shape index (κ3) is 6.06. The van der Waals surface area contributed by atoms with E-state index in [-0.39, 0.29) is 17.0 Å². The molecule has 4 heteroatoms. The highest BCUT2D eigenvalue weighted by Gasteiger charge is 2.32. The number of amides is 2. The molecule has 1 saturated carbocycles. The van der Waals surface area contributed by atoms with E-state index in [0.29, 0.717) is 0 Å². The highest BCUT2D eigenvalue weighted by atomic mass is 16.2. The molecule has 0 aliphatic heterocycles. The Balaban J connectivity index is 2.59. The van der Waals surface area contributed by atoms with Gasteiger partial charge in [0.05, 0.1) is 0 Å². The van der Waals surface area contributed by atoms with Crippen molar-refractivity contribution in [3.8, 4) is 0 Å². The molecule has 1 fully saturated rings. The second-order valence-electron chi connectivity index (χ2n) is 8.28.